The Morgan fingerprint density at radius 1 is 0.368 bits per heavy atom. The number of unbranched alkanes of at least 4 members (excludes halogenated alkanes) is 2. The van der Waals surface area contributed by atoms with Crippen LogP contribution < -0.4 is 0 Å². The van der Waals surface area contributed by atoms with Crippen LogP contribution in [0.1, 0.15) is 163 Å². The fraction of sp³-hybridized carbons (Fsp3) is 0.962. The van der Waals surface area contributed by atoms with Crippen molar-refractivity contribution in [1.29, 1.82) is 0 Å². The minimum absolute atomic E-state index is 0.00258. The van der Waals surface area contributed by atoms with Crippen LogP contribution >= 0.6 is 0 Å². The first kappa shape index (κ1) is 81.7. The smallest absolute Gasteiger partial charge is 0.317 e. The largest absolute Gasteiger partial charge is 0.465 e. The van der Waals surface area contributed by atoms with Gasteiger partial charge in [0.15, 0.2) is 0 Å². The lowest BCUT2D eigenvalue weighted by Gasteiger charge is -2.23. The van der Waals surface area contributed by atoms with Crippen LogP contribution in [0.15, 0.2) is 0 Å². The third kappa shape index (κ3) is 33.8. The maximum atomic E-state index is 12.0. The van der Waals surface area contributed by atoms with Gasteiger partial charge in [-0.2, -0.15) is 0 Å². The van der Waals surface area contributed by atoms with Crippen LogP contribution in [0, 0.1) is 35.0 Å². The Bertz CT molecular complexity index is 2450. The Morgan fingerprint density at radius 2 is 0.736 bits per heavy atom. The molecule has 0 aromatic heterocycles. The number of esters is 3. The van der Waals surface area contributed by atoms with Gasteiger partial charge in [-0.1, -0.05) is 47.0 Å². The molecule has 27 heteroatoms. The van der Waals surface area contributed by atoms with E-state index in [2.05, 4.69) is 18.6 Å². The number of rotatable bonds is 36. The molecule has 606 valence electrons. The van der Waals surface area contributed by atoms with Crippen molar-refractivity contribution in [2.45, 2.75) is 291 Å². The number of hydrogen-bond acceptors (Lipinski definition) is 27. The Morgan fingerprint density at radius 3 is 1.11 bits per heavy atom. The molecule has 0 aromatic rings. The summed E-state index contributed by atoms with van der Waals surface area (Å²) in [6.07, 6.45) is 34.7. The fourth-order valence-electron chi connectivity index (χ4n) is 14.1. The van der Waals surface area contributed by atoms with Gasteiger partial charge < -0.3 is 114 Å². The highest BCUT2D eigenvalue weighted by Gasteiger charge is 2.51. The molecule has 4 saturated carbocycles. The number of cyclic esters (lactones) is 2. The molecule has 21 fully saturated rings. The van der Waals surface area contributed by atoms with E-state index >= 15 is 0 Å². The summed E-state index contributed by atoms with van der Waals surface area (Å²) < 4.78 is 125. The van der Waals surface area contributed by atoms with E-state index in [0.29, 0.717) is 167 Å². The van der Waals surface area contributed by atoms with E-state index in [-0.39, 0.29) is 41.1 Å². The summed E-state index contributed by atoms with van der Waals surface area (Å²) in [4.78, 5) is 33.8. The van der Waals surface area contributed by atoms with E-state index in [0.717, 1.165) is 196 Å². The standard InChI is InChI=1S/C14H20O4.C11H20O4.C10H18O4.C8H14O4.C8H12O3.2C8H12O2.C8H14O2.C4H6O2/c15-14(9-2-4-11-13(6-9)18-11)16-7-8-1-3-10-12(5-8)17-10;1-11(2,7-12-3-9-5-14-9)8-13-4-10-6-15-10;1(3-11-5-9-7-13-9)2-4-12-6-10-8-14-10;1(9-3-7-5-11-7)2-10-4-8-6-12-8;1-3-4-6-5(2)7(9)11-8(6)10;1-2-6-7(10-6)3-5(1)8-4-9-8;1-2-6-8(10-6)4-3-7-5(1)9-7;1(3-7-5-9-7)2-4-8-6-10-8;1-3(5-1)4-2-6-4/h8-13H,1-7H2;9-10H,3-8H2,1-2H3;9-10H,1-8H2;7-8H,1-6H2;5-6H,3-4H2,1-2H3;2*5-8H,1-4H2;7-8H,1-6H2;3-4H,1-2H2. The van der Waals surface area contributed by atoms with Crippen LogP contribution in [0.2, 0.25) is 0 Å². The average Bonchev–Trinajstić information content (AvgIpc) is 1.62. The quantitative estimate of drug-likeness (QED) is 0.0258. The topological polar surface area (TPSA) is 326 Å². The van der Waals surface area contributed by atoms with Crippen molar-refractivity contribution >= 4 is 17.9 Å². The Balaban J connectivity index is 0.000000107. The van der Waals surface area contributed by atoms with Crippen LogP contribution in [0.25, 0.3) is 0 Å². The molecule has 0 bridgehead atoms. The summed E-state index contributed by atoms with van der Waals surface area (Å²) in [5.41, 5.74) is 0.0732. The molecule has 0 N–H and O–H groups in total. The van der Waals surface area contributed by atoms with Gasteiger partial charge in [0.2, 0.25) is 0 Å². The number of carbonyl (C=O) groups excluding carboxylic acids is 3. The lowest BCUT2D eigenvalue weighted by atomic mass is 9.87. The van der Waals surface area contributed by atoms with Gasteiger partial charge in [-0.25, -0.2) is 0 Å². The molecule has 0 aromatic carbocycles. The maximum absolute atomic E-state index is 12.0. The van der Waals surface area contributed by atoms with Crippen molar-refractivity contribution in [2.75, 3.05) is 159 Å². The molecule has 26 atom stereocenters. The molecule has 0 amide bonds. The normalized spacial score (nSPS) is 40.3. The van der Waals surface area contributed by atoms with Crippen LogP contribution in [0.3, 0.4) is 0 Å². The van der Waals surface area contributed by atoms with Crippen molar-refractivity contribution in [2.24, 2.45) is 35.0 Å². The van der Waals surface area contributed by atoms with Crippen LogP contribution in [-0.2, 0) is 128 Å². The third-order valence-corrected chi connectivity index (χ3v) is 22.4. The zero-order valence-electron chi connectivity index (χ0n) is 63.9. The van der Waals surface area contributed by atoms with Gasteiger partial charge in [0.25, 0.3) is 0 Å². The van der Waals surface area contributed by atoms with Crippen molar-refractivity contribution in [3.05, 3.63) is 0 Å². The molecule has 17 aliphatic heterocycles. The second-order valence-electron chi connectivity index (χ2n) is 33.3. The van der Waals surface area contributed by atoms with Crippen molar-refractivity contribution in [1.82, 2.24) is 0 Å². The van der Waals surface area contributed by atoms with Gasteiger partial charge in [0, 0.05) is 18.6 Å². The van der Waals surface area contributed by atoms with Crippen molar-refractivity contribution in [3.63, 3.8) is 0 Å². The van der Waals surface area contributed by atoms with E-state index < -0.39 is 0 Å². The molecule has 26 unspecified atom stereocenters. The molecular formula is C79H128O27. The summed E-state index contributed by atoms with van der Waals surface area (Å²) in [6, 6.07) is 0. The predicted molar refractivity (Wildman–Crippen MR) is 377 cm³/mol. The molecule has 27 nitrogen and oxygen atoms in total. The molecule has 17 saturated heterocycles. The molecule has 17 heterocycles. The number of fused-ring (bicyclic) bond motifs is 5. The van der Waals surface area contributed by atoms with E-state index in [4.69, 9.17) is 109 Å². The number of hydrogen-bond donors (Lipinski definition) is 0. The van der Waals surface area contributed by atoms with E-state index in [1.807, 2.05) is 6.92 Å². The Kier molecular flexibility index (Phi) is 32.1. The SMILES string of the molecule is C(CCC1CO1)CC1CO1.C(CCOCC1CO1)COCC1CO1.C(COCC1CO1)OCC1CO1.C1CC2OC2CC1C1CO1.C1CC2OC2CCC2OC12.C1OC1C1CO1.CC(C)(COCC1CO1)COCC1CO1.CCCC1C(=O)OC(=O)C1C.O=C(OCC1CCC2OC2C1)C1CCC2OC2C1. The molecule has 21 rings (SSSR count). The summed E-state index contributed by atoms with van der Waals surface area (Å²) >= 11 is 0. The van der Waals surface area contributed by atoms with Gasteiger partial charge in [0.1, 0.15) is 48.8 Å². The van der Waals surface area contributed by atoms with Gasteiger partial charge in [-0.05, 0) is 127 Å². The number of ether oxygens (including phenoxy) is 24. The fourth-order valence-corrected chi connectivity index (χ4v) is 14.1. The first-order chi connectivity index (χ1) is 51.8. The maximum Gasteiger partial charge on any atom is 0.317 e. The number of epoxide rings is 16. The lowest BCUT2D eigenvalue weighted by Crippen LogP contribution is -2.27. The van der Waals surface area contributed by atoms with Gasteiger partial charge >= 0.3 is 17.9 Å². The minimum Gasteiger partial charge on any atom is -0.465 e. The van der Waals surface area contributed by atoms with Gasteiger partial charge in [0.05, 0.1) is 242 Å². The summed E-state index contributed by atoms with van der Waals surface area (Å²) in [5, 5.41) is 0. The first-order valence-corrected chi connectivity index (χ1v) is 41.2. The highest BCUT2D eigenvalue weighted by molar-refractivity contribution is 5.96. The lowest BCUT2D eigenvalue weighted by molar-refractivity contribution is -0.154. The molecule has 0 radical (unpaired) electrons. The highest BCUT2D eigenvalue weighted by atomic mass is 16.7. The Labute approximate surface area is 627 Å². The van der Waals surface area contributed by atoms with Crippen molar-refractivity contribution in [3.8, 4) is 0 Å². The molecule has 106 heavy (non-hydrogen) atoms. The van der Waals surface area contributed by atoms with Crippen LogP contribution in [0.4, 0.5) is 0 Å². The Hall–Kier alpha value is -2.27. The summed E-state index contributed by atoms with van der Waals surface area (Å²) in [5.74, 6) is 0.313. The predicted octanol–water partition coefficient (Wildman–Crippen LogP) is 7.22. The van der Waals surface area contributed by atoms with Crippen LogP contribution in [-0.4, -0.2) is 305 Å². The highest BCUT2D eigenvalue weighted by Crippen LogP contribution is 2.45. The second-order valence-corrected chi connectivity index (χ2v) is 33.3. The van der Waals surface area contributed by atoms with Gasteiger partial charge in [-0.3, -0.25) is 14.4 Å². The van der Waals surface area contributed by atoms with Gasteiger partial charge in [-0.15, -0.1) is 0 Å². The summed E-state index contributed by atoms with van der Waals surface area (Å²) in [7, 11) is 0. The third-order valence-electron chi connectivity index (χ3n) is 22.4. The van der Waals surface area contributed by atoms with Crippen LogP contribution in [0.5, 0.6) is 0 Å². The monoisotopic (exact) mass is 1510 g/mol. The van der Waals surface area contributed by atoms with E-state index in [1.165, 1.54) is 70.6 Å². The average molecular weight is 1510 g/mol. The van der Waals surface area contributed by atoms with Crippen molar-refractivity contribution < 1.29 is 128 Å². The second kappa shape index (κ2) is 41.7. The molecule has 21 aliphatic rings. The molecule has 4 aliphatic carbocycles. The zero-order valence-corrected chi connectivity index (χ0v) is 63.9. The number of carbonyl (C=O) groups is 3. The van der Waals surface area contributed by atoms with E-state index in [1.54, 1.807) is 6.92 Å². The first-order valence-electron chi connectivity index (χ1n) is 41.2. The molecular weight excluding hydrogens is 1380 g/mol. The summed E-state index contributed by atoms with van der Waals surface area (Å²) in [6.45, 7) is 27.5. The van der Waals surface area contributed by atoms with E-state index in [9.17, 15) is 14.4 Å². The molecule has 0 spiro atoms. The zero-order chi connectivity index (χ0) is 73.0. The minimum atomic E-state index is -0.367.